The van der Waals surface area contributed by atoms with Gasteiger partial charge in [0.1, 0.15) is 11.9 Å². The zero-order chi connectivity index (χ0) is 25.8. The van der Waals surface area contributed by atoms with Crippen LogP contribution in [0.4, 0.5) is 0 Å². The average Bonchev–Trinajstić information content (AvgIpc) is 3.40. The molecule has 2 unspecified atom stereocenters. The number of carbonyl (C=O) groups is 2. The number of aliphatic hydroxyl groups excluding tert-OH is 2. The van der Waals surface area contributed by atoms with Crippen LogP contribution in [0.5, 0.6) is 0 Å². The Hall–Kier alpha value is -0.890. The number of hydrogen-bond donors (Lipinski definition) is 3. The van der Waals surface area contributed by atoms with E-state index in [0.717, 1.165) is 32.1 Å². The number of aliphatic hydroxyl groups is 2. The van der Waals surface area contributed by atoms with E-state index in [1.54, 1.807) is 0 Å². The van der Waals surface area contributed by atoms with Crippen molar-refractivity contribution in [2.24, 2.45) is 39.7 Å². The van der Waals surface area contributed by atoms with Gasteiger partial charge in [0.2, 0.25) is 0 Å². The molecule has 0 bridgehead atoms. The van der Waals surface area contributed by atoms with Crippen LogP contribution in [-0.4, -0.2) is 57.3 Å². The Morgan fingerprint density at radius 1 is 1.26 bits per heavy atom. The van der Waals surface area contributed by atoms with E-state index >= 15 is 0 Å². The molecule has 0 saturated heterocycles. The molecule has 0 heterocycles. The normalized spacial score (nSPS) is 50.1. The van der Waals surface area contributed by atoms with Crippen LogP contribution in [-0.2, 0) is 14.3 Å². The van der Waals surface area contributed by atoms with Crippen LogP contribution in [0, 0.1) is 34.0 Å². The molecular weight excluding hydrogens is 462 g/mol. The minimum Gasteiger partial charge on any atom is -0.461 e. The number of ether oxygens (including phenoxy) is 1. The number of esters is 1. The molecule has 4 N–H and O–H groups in total. The van der Waals surface area contributed by atoms with Crippen molar-refractivity contribution in [2.75, 3.05) is 5.75 Å². The largest absolute Gasteiger partial charge is 0.461 e. The van der Waals surface area contributed by atoms with Crippen LogP contribution in [0.2, 0.25) is 0 Å². The molecule has 0 aromatic carbocycles. The molecule has 0 amide bonds. The molecule has 4 aliphatic carbocycles. The van der Waals surface area contributed by atoms with Crippen LogP contribution in [0.1, 0.15) is 79.1 Å². The number of nitrogens with two attached hydrogens (primary N) is 1. The van der Waals surface area contributed by atoms with Gasteiger partial charge in [-0.2, -0.15) is 0 Å². The first-order valence-electron chi connectivity index (χ1n) is 13.5. The van der Waals surface area contributed by atoms with Crippen molar-refractivity contribution in [3.8, 4) is 0 Å². The van der Waals surface area contributed by atoms with E-state index in [4.69, 9.17) is 10.5 Å². The second-order valence-corrected chi connectivity index (χ2v) is 13.8. The molecule has 198 valence electrons. The van der Waals surface area contributed by atoms with Crippen molar-refractivity contribution >= 4 is 23.5 Å². The topological polar surface area (TPSA) is 110 Å². The number of carbonyl (C=O) groups excluding carboxylic acids is 2. The van der Waals surface area contributed by atoms with Crippen LogP contribution < -0.4 is 5.73 Å². The number of hydrogen-bond acceptors (Lipinski definition) is 7. The van der Waals surface area contributed by atoms with Crippen LogP contribution in [0.3, 0.4) is 0 Å². The van der Waals surface area contributed by atoms with Gasteiger partial charge in [-0.25, -0.2) is 0 Å². The third-order valence-corrected chi connectivity index (χ3v) is 11.9. The Balaban J connectivity index is 1.51. The average molecular weight is 508 g/mol. The maximum atomic E-state index is 13.1. The van der Waals surface area contributed by atoms with E-state index in [1.165, 1.54) is 11.8 Å². The molecule has 11 atom stereocenters. The van der Waals surface area contributed by atoms with E-state index in [2.05, 4.69) is 27.4 Å². The Labute approximate surface area is 214 Å². The quantitative estimate of drug-likeness (QED) is 0.383. The summed E-state index contributed by atoms with van der Waals surface area (Å²) in [5, 5.41) is 21.9. The summed E-state index contributed by atoms with van der Waals surface area (Å²) in [6.07, 6.45) is 6.15. The number of ketones is 1. The van der Waals surface area contributed by atoms with Gasteiger partial charge in [-0.1, -0.05) is 33.8 Å². The monoisotopic (exact) mass is 507 g/mol. The van der Waals surface area contributed by atoms with Gasteiger partial charge in [-0.05, 0) is 68.1 Å². The first-order chi connectivity index (χ1) is 16.4. The molecular formula is C28H45NO5S. The zero-order valence-corrected chi connectivity index (χ0v) is 22.7. The predicted octanol–water partition coefficient (Wildman–Crippen LogP) is 3.87. The van der Waals surface area contributed by atoms with Gasteiger partial charge >= 0.3 is 5.97 Å². The van der Waals surface area contributed by atoms with Gasteiger partial charge < -0.3 is 20.7 Å². The fraction of sp³-hybridized carbons (Fsp3) is 0.857. The van der Waals surface area contributed by atoms with Gasteiger partial charge in [0, 0.05) is 28.5 Å². The summed E-state index contributed by atoms with van der Waals surface area (Å²) in [4.78, 5) is 26.1. The van der Waals surface area contributed by atoms with Crippen molar-refractivity contribution in [2.45, 2.75) is 109 Å². The summed E-state index contributed by atoms with van der Waals surface area (Å²) in [5.41, 5.74) is 4.88. The summed E-state index contributed by atoms with van der Waals surface area (Å²) in [6.45, 7) is 12.5. The third-order valence-electron chi connectivity index (χ3n) is 10.6. The van der Waals surface area contributed by atoms with Gasteiger partial charge in [-0.3, -0.25) is 9.59 Å². The van der Waals surface area contributed by atoms with E-state index in [0.29, 0.717) is 25.0 Å². The molecule has 35 heavy (non-hydrogen) atoms. The van der Waals surface area contributed by atoms with Crippen molar-refractivity contribution < 1.29 is 24.5 Å². The molecule has 0 radical (unpaired) electrons. The minimum atomic E-state index is -0.662. The van der Waals surface area contributed by atoms with Gasteiger partial charge in [0.15, 0.2) is 0 Å². The van der Waals surface area contributed by atoms with Crippen LogP contribution in [0.25, 0.3) is 0 Å². The van der Waals surface area contributed by atoms with E-state index in [-0.39, 0.29) is 57.7 Å². The highest BCUT2D eigenvalue weighted by molar-refractivity contribution is 8.00. The van der Waals surface area contributed by atoms with Crippen molar-refractivity contribution in [1.29, 1.82) is 0 Å². The molecule has 4 saturated carbocycles. The fourth-order valence-corrected chi connectivity index (χ4v) is 8.83. The lowest BCUT2D eigenvalue weighted by molar-refractivity contribution is -0.154. The summed E-state index contributed by atoms with van der Waals surface area (Å²) < 4.78 is 6.11. The van der Waals surface area contributed by atoms with Gasteiger partial charge in [0.05, 0.1) is 18.0 Å². The first-order valence-corrected chi connectivity index (χ1v) is 14.5. The van der Waals surface area contributed by atoms with E-state index in [9.17, 15) is 19.8 Å². The summed E-state index contributed by atoms with van der Waals surface area (Å²) >= 11 is 1.45. The second-order valence-electron chi connectivity index (χ2n) is 12.5. The molecule has 0 aliphatic heterocycles. The lowest BCUT2D eigenvalue weighted by atomic mass is 9.64. The Kier molecular flexibility index (Phi) is 7.58. The molecule has 4 rings (SSSR count). The van der Waals surface area contributed by atoms with Gasteiger partial charge in [0.25, 0.3) is 0 Å². The maximum absolute atomic E-state index is 13.1. The minimum absolute atomic E-state index is 0.000625. The summed E-state index contributed by atoms with van der Waals surface area (Å²) in [5.74, 6) is 0.480. The van der Waals surface area contributed by atoms with Crippen LogP contribution in [0.15, 0.2) is 12.7 Å². The molecule has 0 aromatic rings. The fourth-order valence-electron chi connectivity index (χ4n) is 7.78. The van der Waals surface area contributed by atoms with E-state index < -0.39 is 17.6 Å². The predicted molar refractivity (Wildman–Crippen MR) is 139 cm³/mol. The smallest absolute Gasteiger partial charge is 0.316 e. The van der Waals surface area contributed by atoms with Crippen molar-refractivity contribution in [1.82, 2.24) is 0 Å². The molecule has 7 heteroatoms. The highest BCUT2D eigenvalue weighted by Gasteiger charge is 2.77. The lowest BCUT2D eigenvalue weighted by Gasteiger charge is -2.44. The summed E-state index contributed by atoms with van der Waals surface area (Å²) in [7, 11) is 0. The molecule has 4 fully saturated rings. The first kappa shape index (κ1) is 27.2. The zero-order valence-electron chi connectivity index (χ0n) is 21.9. The Morgan fingerprint density at radius 2 is 1.97 bits per heavy atom. The standard InChI is InChI=1S/C28H45NO5S/c1-6-26(5)13-21(34-24(32)14-35-22-8-7-19(29)11-20(22)30)17(3)16(2)12-28-15-27(28,10-9-23(28)31)18(4)25(26)33/h6,16-22,25,30,33H,1,7-15,29H2,2-5H3/t16?,17-,18+,19-,20-,21-,22-,25+,26-,27+,28?/m1/s1. The third kappa shape index (κ3) is 4.64. The SMILES string of the molecule is C=C[C@]1(C)C[C@@H](OC(=O)CS[C@@H]2CC[C@@H](N)C[C@H]2O)[C@H](C)C(C)CC23C[C@@]2(CCC3=O)[C@@H](C)[C@@H]1O. The molecule has 0 aromatic heterocycles. The lowest BCUT2D eigenvalue weighted by Crippen LogP contribution is -2.46. The number of Topliss-reactive ketones (excluding diaryl/α,β-unsaturated/α-hetero) is 1. The Bertz CT molecular complexity index is 851. The summed E-state index contributed by atoms with van der Waals surface area (Å²) in [6, 6.07) is 0.0286. The van der Waals surface area contributed by atoms with Crippen LogP contribution >= 0.6 is 11.8 Å². The Morgan fingerprint density at radius 3 is 2.63 bits per heavy atom. The van der Waals surface area contributed by atoms with Gasteiger partial charge in [-0.15, -0.1) is 18.3 Å². The molecule has 6 nitrogen and oxygen atoms in total. The van der Waals surface area contributed by atoms with E-state index in [1.807, 2.05) is 13.0 Å². The number of rotatable bonds is 5. The highest BCUT2D eigenvalue weighted by Crippen LogP contribution is 2.78. The molecule has 4 aliphatic rings. The van der Waals surface area contributed by atoms with Crippen molar-refractivity contribution in [3.05, 3.63) is 12.7 Å². The molecule has 0 spiro atoms. The highest BCUT2D eigenvalue weighted by atomic mass is 32.2. The second kappa shape index (κ2) is 9.77. The van der Waals surface area contributed by atoms with Crippen molar-refractivity contribution in [3.63, 3.8) is 0 Å². The maximum Gasteiger partial charge on any atom is 0.316 e. The number of thioether (sulfide) groups is 1.